The molecule has 0 aliphatic rings. The van der Waals surface area contributed by atoms with E-state index in [4.69, 9.17) is 5.84 Å². The van der Waals surface area contributed by atoms with Crippen LogP contribution < -0.4 is 10.9 Å². The normalized spacial score (nSPS) is 9.76. The first-order chi connectivity index (χ1) is 7.75. The number of nitrogens with two attached hydrogens (primary N) is 1. The predicted molar refractivity (Wildman–Crippen MR) is 73.6 cm³/mol. The van der Waals surface area contributed by atoms with E-state index in [1.54, 1.807) is 7.05 Å². The third-order valence-electron chi connectivity index (χ3n) is 2.23. The zero-order chi connectivity index (χ0) is 11.4. The van der Waals surface area contributed by atoms with Crippen LogP contribution in [-0.2, 0) is 12.8 Å². The second-order valence-corrected chi connectivity index (χ2v) is 4.62. The lowest BCUT2D eigenvalue weighted by atomic mass is 10.1. The molecule has 92 valence electrons. The predicted octanol–water partition coefficient (Wildman–Crippen LogP) is 2.06. The van der Waals surface area contributed by atoms with E-state index < -0.39 is 0 Å². The monoisotopic (exact) mass is 270 g/mol. The van der Waals surface area contributed by atoms with E-state index in [1.807, 2.05) is 6.07 Å². The summed E-state index contributed by atoms with van der Waals surface area (Å²) in [5.74, 6) is 5.58. The van der Waals surface area contributed by atoms with E-state index in [9.17, 15) is 0 Å². The molecule has 4 nitrogen and oxygen atoms in total. The van der Waals surface area contributed by atoms with Crippen molar-refractivity contribution in [1.82, 2.24) is 10.2 Å². The van der Waals surface area contributed by atoms with Crippen LogP contribution in [-0.4, -0.2) is 17.2 Å². The van der Waals surface area contributed by atoms with Crippen molar-refractivity contribution in [2.75, 3.05) is 12.1 Å². The molecule has 0 atom stereocenters. The fraction of sp³-hybridized carbons (Fsp3) is 0.273. The van der Waals surface area contributed by atoms with Crippen LogP contribution in [0, 0.1) is 0 Å². The lowest BCUT2D eigenvalue weighted by Crippen LogP contribution is -2.24. The highest BCUT2D eigenvalue weighted by Gasteiger charge is 2.05. The Morgan fingerprint density at radius 1 is 1.18 bits per heavy atom. The van der Waals surface area contributed by atoms with Crippen molar-refractivity contribution < 1.29 is 0 Å². The molecular formula is C11H15ClN4S. The van der Waals surface area contributed by atoms with Crippen LogP contribution in [0.2, 0.25) is 0 Å². The highest BCUT2D eigenvalue weighted by atomic mass is 35.5. The SMILES string of the molecule is CN(N)c1nnc(CCc2ccccc2)s1.Cl. The van der Waals surface area contributed by atoms with Gasteiger partial charge in [0.2, 0.25) is 5.13 Å². The first kappa shape index (κ1) is 13.9. The van der Waals surface area contributed by atoms with Crippen LogP contribution in [0.1, 0.15) is 10.6 Å². The van der Waals surface area contributed by atoms with Gasteiger partial charge in [0.1, 0.15) is 5.01 Å². The molecule has 1 aromatic carbocycles. The van der Waals surface area contributed by atoms with Crippen molar-refractivity contribution in [2.45, 2.75) is 12.8 Å². The van der Waals surface area contributed by atoms with Gasteiger partial charge in [-0.15, -0.1) is 22.6 Å². The van der Waals surface area contributed by atoms with E-state index in [1.165, 1.54) is 21.9 Å². The zero-order valence-electron chi connectivity index (χ0n) is 9.54. The second-order valence-electron chi connectivity index (χ2n) is 3.57. The maximum Gasteiger partial charge on any atom is 0.222 e. The molecule has 0 unspecified atom stereocenters. The molecule has 2 N–H and O–H groups in total. The number of aromatic nitrogens is 2. The van der Waals surface area contributed by atoms with Crippen LogP contribution in [0.4, 0.5) is 5.13 Å². The number of hydrogen-bond acceptors (Lipinski definition) is 5. The summed E-state index contributed by atoms with van der Waals surface area (Å²) in [5.41, 5.74) is 1.32. The van der Waals surface area contributed by atoms with Crippen LogP contribution in [0.5, 0.6) is 0 Å². The molecule has 1 heterocycles. The fourth-order valence-corrected chi connectivity index (χ4v) is 2.11. The molecule has 2 rings (SSSR count). The van der Waals surface area contributed by atoms with Gasteiger partial charge in [-0.3, -0.25) is 5.01 Å². The number of nitrogens with zero attached hydrogens (tertiary/aromatic N) is 3. The number of benzene rings is 1. The molecule has 1 aromatic heterocycles. The summed E-state index contributed by atoms with van der Waals surface area (Å²) < 4.78 is 0. The minimum absolute atomic E-state index is 0. The summed E-state index contributed by atoms with van der Waals surface area (Å²) in [7, 11) is 1.77. The number of anilines is 1. The van der Waals surface area contributed by atoms with Gasteiger partial charge < -0.3 is 0 Å². The van der Waals surface area contributed by atoms with Gasteiger partial charge >= 0.3 is 0 Å². The first-order valence-electron chi connectivity index (χ1n) is 5.10. The molecule has 0 aliphatic carbocycles. The quantitative estimate of drug-likeness (QED) is 0.683. The molecule has 0 radical (unpaired) electrons. The molecule has 2 aromatic rings. The molecule has 0 bridgehead atoms. The Morgan fingerprint density at radius 3 is 2.47 bits per heavy atom. The summed E-state index contributed by atoms with van der Waals surface area (Å²) in [6.45, 7) is 0. The van der Waals surface area contributed by atoms with Gasteiger partial charge in [0.25, 0.3) is 0 Å². The molecule has 0 amide bonds. The Morgan fingerprint density at radius 2 is 1.88 bits per heavy atom. The standard InChI is InChI=1S/C11H14N4S.ClH/c1-15(12)11-14-13-10(16-11)8-7-9-5-3-2-4-6-9;/h2-6H,7-8,12H2,1H3;1H. The summed E-state index contributed by atoms with van der Waals surface area (Å²) in [6, 6.07) is 10.4. The van der Waals surface area contributed by atoms with Crippen molar-refractivity contribution in [3.05, 3.63) is 40.9 Å². The zero-order valence-corrected chi connectivity index (χ0v) is 11.2. The lowest BCUT2D eigenvalue weighted by Gasteiger charge is -2.03. The molecule has 17 heavy (non-hydrogen) atoms. The number of aryl methyl sites for hydroxylation is 2. The molecule has 0 aliphatic heterocycles. The van der Waals surface area contributed by atoms with Crippen molar-refractivity contribution >= 4 is 28.9 Å². The van der Waals surface area contributed by atoms with Crippen molar-refractivity contribution in [3.8, 4) is 0 Å². The summed E-state index contributed by atoms with van der Waals surface area (Å²) in [6.07, 6.45) is 1.90. The van der Waals surface area contributed by atoms with Gasteiger partial charge in [-0.2, -0.15) is 0 Å². The third kappa shape index (κ3) is 3.96. The van der Waals surface area contributed by atoms with E-state index in [-0.39, 0.29) is 12.4 Å². The fourth-order valence-electron chi connectivity index (χ4n) is 1.38. The van der Waals surface area contributed by atoms with Crippen molar-refractivity contribution in [2.24, 2.45) is 5.84 Å². The maximum atomic E-state index is 5.58. The van der Waals surface area contributed by atoms with Crippen LogP contribution in [0.3, 0.4) is 0 Å². The smallest absolute Gasteiger partial charge is 0.222 e. The summed E-state index contributed by atoms with van der Waals surface area (Å²) in [5, 5.41) is 11.4. The van der Waals surface area contributed by atoms with E-state index in [0.717, 1.165) is 23.0 Å². The number of hydrogen-bond donors (Lipinski definition) is 1. The van der Waals surface area contributed by atoms with Crippen LogP contribution in [0.25, 0.3) is 0 Å². The average Bonchev–Trinajstić information content (AvgIpc) is 2.76. The molecule has 0 saturated carbocycles. The van der Waals surface area contributed by atoms with Gasteiger partial charge in [-0.25, -0.2) is 5.84 Å². The van der Waals surface area contributed by atoms with Gasteiger partial charge in [-0.1, -0.05) is 41.7 Å². The molecular weight excluding hydrogens is 256 g/mol. The highest BCUT2D eigenvalue weighted by Crippen LogP contribution is 2.18. The number of rotatable bonds is 4. The van der Waals surface area contributed by atoms with Gasteiger partial charge in [0.05, 0.1) is 0 Å². The van der Waals surface area contributed by atoms with Crippen molar-refractivity contribution in [3.63, 3.8) is 0 Å². The molecule has 0 saturated heterocycles. The highest BCUT2D eigenvalue weighted by molar-refractivity contribution is 7.15. The Kier molecular flexibility index (Phi) is 5.34. The van der Waals surface area contributed by atoms with E-state index >= 15 is 0 Å². The third-order valence-corrected chi connectivity index (χ3v) is 3.30. The summed E-state index contributed by atoms with van der Waals surface area (Å²) >= 11 is 1.54. The van der Waals surface area contributed by atoms with Gasteiger partial charge in [0.15, 0.2) is 0 Å². The largest absolute Gasteiger partial charge is 0.288 e. The number of hydrazine groups is 1. The molecule has 0 fully saturated rings. The van der Waals surface area contributed by atoms with E-state index in [0.29, 0.717) is 0 Å². The van der Waals surface area contributed by atoms with Gasteiger partial charge in [-0.05, 0) is 12.0 Å². The Labute approximate surface area is 111 Å². The van der Waals surface area contributed by atoms with Crippen molar-refractivity contribution in [1.29, 1.82) is 0 Å². The Balaban J connectivity index is 0.00000144. The summed E-state index contributed by atoms with van der Waals surface area (Å²) in [4.78, 5) is 0. The average molecular weight is 271 g/mol. The maximum absolute atomic E-state index is 5.58. The lowest BCUT2D eigenvalue weighted by molar-refractivity contribution is 0.890. The first-order valence-corrected chi connectivity index (χ1v) is 5.92. The molecule has 0 spiro atoms. The minimum atomic E-state index is 0. The molecule has 6 heteroatoms. The number of halogens is 1. The Hall–Kier alpha value is -1.17. The topological polar surface area (TPSA) is 55.0 Å². The second kappa shape index (κ2) is 6.54. The van der Waals surface area contributed by atoms with E-state index in [2.05, 4.69) is 34.5 Å². The van der Waals surface area contributed by atoms with Crippen LogP contribution in [0.15, 0.2) is 30.3 Å². The van der Waals surface area contributed by atoms with Crippen LogP contribution >= 0.6 is 23.7 Å². The minimum Gasteiger partial charge on any atom is -0.288 e. The van der Waals surface area contributed by atoms with Gasteiger partial charge in [0, 0.05) is 13.5 Å². The Bertz CT molecular complexity index is 444.